The number of nitrogens with one attached hydrogen (secondary N) is 1. The number of carboxylic acid groups (broad SMARTS) is 1. The number of aryl methyl sites for hydroxylation is 2. The number of hydrogen-bond acceptors (Lipinski definition) is 3. The molecule has 1 aromatic rings. The SMILES string of the molecule is Cc1cc(CNC(=O)[C@H]2[C@@H](C(=O)O)C2(C)C)sc1C. The number of aliphatic carboxylic acids is 1. The van der Waals surface area contributed by atoms with Gasteiger partial charge in [-0.05, 0) is 30.9 Å². The third-order valence-corrected chi connectivity index (χ3v) is 5.18. The number of carbonyl (C=O) groups is 2. The van der Waals surface area contributed by atoms with Crippen LogP contribution in [-0.2, 0) is 16.1 Å². The molecule has 0 radical (unpaired) electrons. The predicted molar refractivity (Wildman–Crippen MR) is 74.0 cm³/mol. The lowest BCUT2D eigenvalue weighted by molar-refractivity contribution is -0.140. The topological polar surface area (TPSA) is 66.4 Å². The minimum Gasteiger partial charge on any atom is -0.481 e. The molecule has 1 saturated carbocycles. The van der Waals surface area contributed by atoms with Crippen molar-refractivity contribution in [2.75, 3.05) is 0 Å². The molecule has 0 saturated heterocycles. The van der Waals surface area contributed by atoms with Crippen LogP contribution >= 0.6 is 11.3 Å². The minimum absolute atomic E-state index is 0.152. The summed E-state index contributed by atoms with van der Waals surface area (Å²) >= 11 is 1.66. The van der Waals surface area contributed by atoms with E-state index < -0.39 is 23.2 Å². The maximum atomic E-state index is 12.0. The van der Waals surface area contributed by atoms with E-state index >= 15 is 0 Å². The zero-order valence-corrected chi connectivity index (χ0v) is 12.4. The lowest BCUT2D eigenvalue weighted by atomic mass is 10.1. The molecule has 1 aliphatic carbocycles. The van der Waals surface area contributed by atoms with Crippen molar-refractivity contribution in [1.82, 2.24) is 5.32 Å². The Labute approximate surface area is 116 Å². The van der Waals surface area contributed by atoms with Crippen molar-refractivity contribution in [1.29, 1.82) is 0 Å². The summed E-state index contributed by atoms with van der Waals surface area (Å²) in [6, 6.07) is 2.06. The summed E-state index contributed by atoms with van der Waals surface area (Å²) in [5.41, 5.74) is 0.793. The van der Waals surface area contributed by atoms with Gasteiger partial charge in [-0.2, -0.15) is 0 Å². The van der Waals surface area contributed by atoms with E-state index in [4.69, 9.17) is 5.11 Å². The molecule has 1 heterocycles. The summed E-state index contributed by atoms with van der Waals surface area (Å²) in [6.45, 7) is 8.24. The van der Waals surface area contributed by atoms with Crippen LogP contribution in [0.1, 0.15) is 29.2 Å². The molecule has 0 aliphatic heterocycles. The van der Waals surface area contributed by atoms with E-state index in [0.717, 1.165) is 4.88 Å². The summed E-state index contributed by atoms with van der Waals surface area (Å²) in [7, 11) is 0. The van der Waals surface area contributed by atoms with Gasteiger partial charge >= 0.3 is 5.97 Å². The number of thiophene rings is 1. The van der Waals surface area contributed by atoms with Crippen molar-refractivity contribution in [2.24, 2.45) is 17.3 Å². The summed E-state index contributed by atoms with van der Waals surface area (Å²) < 4.78 is 0. The third-order valence-electron chi connectivity index (χ3n) is 4.03. The predicted octanol–water partition coefficient (Wildman–Crippen LogP) is 2.34. The van der Waals surface area contributed by atoms with Crippen molar-refractivity contribution in [3.05, 3.63) is 21.4 Å². The van der Waals surface area contributed by atoms with Crippen LogP contribution in [0.2, 0.25) is 0 Å². The molecule has 19 heavy (non-hydrogen) atoms. The maximum absolute atomic E-state index is 12.0. The van der Waals surface area contributed by atoms with E-state index in [1.165, 1.54) is 10.4 Å². The summed E-state index contributed by atoms with van der Waals surface area (Å²) in [5.74, 6) is -2.00. The Bertz CT molecular complexity index is 513. The van der Waals surface area contributed by atoms with E-state index in [0.29, 0.717) is 6.54 Å². The van der Waals surface area contributed by atoms with Crippen molar-refractivity contribution in [3.8, 4) is 0 Å². The average Bonchev–Trinajstić information content (AvgIpc) is 2.74. The molecule has 2 N–H and O–H groups in total. The van der Waals surface area contributed by atoms with Crippen LogP contribution in [0.15, 0.2) is 6.07 Å². The normalized spacial score (nSPS) is 24.0. The van der Waals surface area contributed by atoms with Crippen LogP contribution in [0.4, 0.5) is 0 Å². The molecule has 0 aromatic carbocycles. The highest BCUT2D eigenvalue weighted by Crippen LogP contribution is 2.58. The first-order valence-electron chi connectivity index (χ1n) is 6.31. The molecule has 104 valence electrons. The Morgan fingerprint density at radius 3 is 2.42 bits per heavy atom. The van der Waals surface area contributed by atoms with E-state index in [9.17, 15) is 9.59 Å². The third kappa shape index (κ3) is 2.52. The fourth-order valence-electron chi connectivity index (χ4n) is 2.61. The van der Waals surface area contributed by atoms with Crippen molar-refractivity contribution in [3.63, 3.8) is 0 Å². The quantitative estimate of drug-likeness (QED) is 0.890. The lowest BCUT2D eigenvalue weighted by Gasteiger charge is -2.04. The van der Waals surface area contributed by atoms with Crippen molar-refractivity contribution >= 4 is 23.2 Å². The Hall–Kier alpha value is -1.36. The maximum Gasteiger partial charge on any atom is 0.307 e. The highest BCUT2D eigenvalue weighted by molar-refractivity contribution is 7.12. The number of carbonyl (C=O) groups excluding carboxylic acids is 1. The van der Waals surface area contributed by atoms with Gasteiger partial charge in [-0.25, -0.2) is 0 Å². The van der Waals surface area contributed by atoms with E-state index in [2.05, 4.69) is 18.3 Å². The fraction of sp³-hybridized carbons (Fsp3) is 0.571. The first-order valence-corrected chi connectivity index (χ1v) is 7.13. The second-order valence-corrected chi connectivity index (χ2v) is 7.13. The Morgan fingerprint density at radius 2 is 2.00 bits per heavy atom. The molecule has 4 nitrogen and oxygen atoms in total. The smallest absolute Gasteiger partial charge is 0.307 e. The summed E-state index contributed by atoms with van der Waals surface area (Å²) in [4.78, 5) is 25.4. The highest BCUT2D eigenvalue weighted by Gasteiger charge is 2.65. The van der Waals surface area contributed by atoms with Gasteiger partial charge in [-0.15, -0.1) is 11.3 Å². The average molecular weight is 281 g/mol. The number of rotatable bonds is 4. The monoisotopic (exact) mass is 281 g/mol. The molecule has 2 atom stereocenters. The van der Waals surface area contributed by atoms with Gasteiger partial charge in [-0.1, -0.05) is 13.8 Å². The largest absolute Gasteiger partial charge is 0.481 e. The Morgan fingerprint density at radius 1 is 1.37 bits per heavy atom. The van der Waals surface area contributed by atoms with Gasteiger partial charge in [0.1, 0.15) is 0 Å². The molecular weight excluding hydrogens is 262 g/mol. The minimum atomic E-state index is -0.882. The van der Waals surface area contributed by atoms with Gasteiger partial charge in [0, 0.05) is 9.75 Å². The van der Waals surface area contributed by atoms with Crippen LogP contribution in [0.25, 0.3) is 0 Å². The second kappa shape index (κ2) is 4.63. The molecule has 1 aromatic heterocycles. The molecule has 1 amide bonds. The first-order chi connectivity index (χ1) is 8.75. The fourth-order valence-corrected chi connectivity index (χ4v) is 3.60. The van der Waals surface area contributed by atoms with Crippen LogP contribution in [-0.4, -0.2) is 17.0 Å². The highest BCUT2D eigenvalue weighted by atomic mass is 32.1. The van der Waals surface area contributed by atoms with Crippen LogP contribution < -0.4 is 5.32 Å². The number of hydrogen-bond donors (Lipinski definition) is 2. The lowest BCUT2D eigenvalue weighted by Crippen LogP contribution is -2.26. The molecule has 5 heteroatoms. The standard InChI is InChI=1S/C14H19NO3S/c1-7-5-9(19-8(7)2)6-15-12(16)10-11(13(17)18)14(10,3)4/h5,10-11H,6H2,1-4H3,(H,15,16)(H,17,18)/t10-,11+/m1/s1. The molecule has 0 spiro atoms. The zero-order chi connectivity index (χ0) is 14.4. The molecule has 2 rings (SSSR count). The van der Waals surface area contributed by atoms with Crippen molar-refractivity contribution < 1.29 is 14.7 Å². The van der Waals surface area contributed by atoms with Gasteiger partial charge < -0.3 is 10.4 Å². The Balaban J connectivity index is 1.94. The molecule has 1 fully saturated rings. The molecular formula is C14H19NO3S. The van der Waals surface area contributed by atoms with Gasteiger partial charge in [0.2, 0.25) is 5.91 Å². The van der Waals surface area contributed by atoms with E-state index in [1.807, 2.05) is 20.8 Å². The molecule has 0 bridgehead atoms. The van der Waals surface area contributed by atoms with E-state index in [1.54, 1.807) is 11.3 Å². The Kier molecular flexibility index (Phi) is 3.43. The zero-order valence-electron chi connectivity index (χ0n) is 11.6. The van der Waals surface area contributed by atoms with Gasteiger partial charge in [0.25, 0.3) is 0 Å². The van der Waals surface area contributed by atoms with Crippen molar-refractivity contribution in [2.45, 2.75) is 34.2 Å². The van der Waals surface area contributed by atoms with Crippen LogP contribution in [0.3, 0.4) is 0 Å². The van der Waals surface area contributed by atoms with Gasteiger partial charge in [-0.3, -0.25) is 9.59 Å². The summed E-state index contributed by atoms with van der Waals surface area (Å²) in [6.07, 6.45) is 0. The van der Waals surface area contributed by atoms with Crippen LogP contribution in [0, 0.1) is 31.1 Å². The van der Waals surface area contributed by atoms with Gasteiger partial charge in [0.15, 0.2) is 0 Å². The number of amides is 1. The number of carboxylic acids is 1. The van der Waals surface area contributed by atoms with Gasteiger partial charge in [0.05, 0.1) is 18.4 Å². The second-order valence-electron chi connectivity index (χ2n) is 5.78. The van der Waals surface area contributed by atoms with Crippen LogP contribution in [0.5, 0.6) is 0 Å². The molecule has 1 aliphatic rings. The van der Waals surface area contributed by atoms with E-state index in [-0.39, 0.29) is 5.91 Å². The molecule has 0 unspecified atom stereocenters. The first kappa shape index (κ1) is 14.1. The summed E-state index contributed by atoms with van der Waals surface area (Å²) in [5, 5.41) is 11.9.